The number of hydrogen-bond donors (Lipinski definition) is 2. The van der Waals surface area contributed by atoms with E-state index in [2.05, 4.69) is 19.1 Å². The third-order valence-corrected chi connectivity index (χ3v) is 7.78. The Bertz CT molecular complexity index is 437. The van der Waals surface area contributed by atoms with E-state index in [4.69, 9.17) is 4.74 Å². The number of aliphatic hydroxyl groups is 2. The van der Waals surface area contributed by atoms with Gasteiger partial charge in [0, 0.05) is 11.8 Å². The molecule has 0 bridgehead atoms. The van der Waals surface area contributed by atoms with Crippen LogP contribution in [0.5, 0.6) is 0 Å². The highest BCUT2D eigenvalue weighted by atomic mass is 32.2. The maximum atomic E-state index is 10.1. The fraction of sp³-hybridized carbons (Fsp3) is 0.667. The molecule has 1 aromatic rings. The van der Waals surface area contributed by atoms with E-state index >= 15 is 0 Å². The number of benzene rings is 1. The Morgan fingerprint density at radius 3 is 2.43 bits per heavy atom. The highest BCUT2D eigenvalue weighted by Crippen LogP contribution is 2.39. The zero-order valence-corrected chi connectivity index (χ0v) is 15.6. The molecule has 0 amide bonds. The van der Waals surface area contributed by atoms with Crippen molar-refractivity contribution < 1.29 is 14.9 Å². The van der Waals surface area contributed by atoms with Crippen LogP contribution in [0, 0.1) is 11.8 Å². The maximum Gasteiger partial charge on any atom is 0.0821 e. The second kappa shape index (κ2) is 9.94. The lowest BCUT2D eigenvalue weighted by Crippen LogP contribution is -2.41. The van der Waals surface area contributed by atoms with Crippen LogP contribution in [0.2, 0.25) is 0 Å². The molecule has 3 nitrogen and oxygen atoms in total. The summed E-state index contributed by atoms with van der Waals surface area (Å²) in [5.41, 5.74) is 1.14. The SMILES string of the molecule is CC(C(O)CO)C(OCc1ccccc1)C(C)C1SCCCS1. The van der Waals surface area contributed by atoms with Crippen molar-refractivity contribution in [1.82, 2.24) is 0 Å². The van der Waals surface area contributed by atoms with Crippen LogP contribution in [0.1, 0.15) is 25.8 Å². The van der Waals surface area contributed by atoms with Gasteiger partial charge in [-0.15, -0.1) is 23.5 Å². The summed E-state index contributed by atoms with van der Waals surface area (Å²) >= 11 is 3.99. The van der Waals surface area contributed by atoms with Gasteiger partial charge >= 0.3 is 0 Å². The fourth-order valence-electron chi connectivity index (χ4n) is 2.90. The number of rotatable bonds is 8. The van der Waals surface area contributed by atoms with Gasteiger partial charge in [0.15, 0.2) is 0 Å². The summed E-state index contributed by atoms with van der Waals surface area (Å²) in [7, 11) is 0. The average Bonchev–Trinajstić information content (AvgIpc) is 2.62. The van der Waals surface area contributed by atoms with Crippen molar-refractivity contribution in [3.63, 3.8) is 0 Å². The smallest absolute Gasteiger partial charge is 0.0821 e. The molecule has 0 aromatic heterocycles. The number of hydrogen-bond acceptors (Lipinski definition) is 5. The minimum absolute atomic E-state index is 0.0690. The van der Waals surface area contributed by atoms with Crippen LogP contribution >= 0.6 is 23.5 Å². The largest absolute Gasteiger partial charge is 0.394 e. The predicted molar refractivity (Wildman–Crippen MR) is 99.8 cm³/mol. The quantitative estimate of drug-likeness (QED) is 0.748. The van der Waals surface area contributed by atoms with Gasteiger partial charge in [-0.2, -0.15) is 0 Å². The predicted octanol–water partition coefficient (Wildman–Crippen LogP) is 3.39. The zero-order valence-electron chi connectivity index (χ0n) is 13.9. The Kier molecular flexibility index (Phi) is 8.27. The second-order valence-corrected chi connectivity index (χ2v) is 8.99. The monoisotopic (exact) mass is 356 g/mol. The summed E-state index contributed by atoms with van der Waals surface area (Å²) in [5, 5.41) is 19.4. The molecule has 1 aliphatic rings. The molecule has 23 heavy (non-hydrogen) atoms. The van der Waals surface area contributed by atoms with Crippen LogP contribution < -0.4 is 0 Å². The Hall–Kier alpha value is -0.200. The van der Waals surface area contributed by atoms with E-state index in [1.165, 1.54) is 17.9 Å². The standard InChI is InChI=1S/C18H28O3S2/c1-13(16(20)11-19)17(14(2)18-22-9-6-10-23-18)21-12-15-7-4-3-5-8-15/h3-5,7-8,13-14,16-20H,6,9-12H2,1-2H3. The average molecular weight is 357 g/mol. The summed E-state index contributed by atoms with van der Waals surface area (Å²) in [6, 6.07) is 10.1. The molecule has 1 fully saturated rings. The molecule has 1 aromatic carbocycles. The van der Waals surface area contributed by atoms with Gasteiger partial charge in [-0.05, 0) is 23.5 Å². The highest BCUT2D eigenvalue weighted by Gasteiger charge is 2.35. The van der Waals surface area contributed by atoms with Crippen LogP contribution in [-0.2, 0) is 11.3 Å². The van der Waals surface area contributed by atoms with Crippen LogP contribution in [0.4, 0.5) is 0 Å². The molecule has 1 aliphatic heterocycles. The Morgan fingerprint density at radius 1 is 1.17 bits per heavy atom. The van der Waals surface area contributed by atoms with Crippen LogP contribution in [0.3, 0.4) is 0 Å². The molecule has 0 spiro atoms. The first-order chi connectivity index (χ1) is 11.1. The van der Waals surface area contributed by atoms with E-state index in [1.54, 1.807) is 0 Å². The van der Waals surface area contributed by atoms with Gasteiger partial charge in [0.05, 0.1) is 30.0 Å². The summed E-state index contributed by atoms with van der Waals surface area (Å²) in [6.07, 6.45) is 0.459. The lowest BCUT2D eigenvalue weighted by atomic mass is 9.90. The molecule has 5 heteroatoms. The fourth-order valence-corrected chi connectivity index (χ4v) is 6.05. The van der Waals surface area contributed by atoms with Crippen molar-refractivity contribution in [1.29, 1.82) is 0 Å². The Morgan fingerprint density at radius 2 is 1.83 bits per heavy atom. The molecule has 4 atom stereocenters. The molecule has 1 saturated heterocycles. The van der Waals surface area contributed by atoms with Crippen molar-refractivity contribution in [3.05, 3.63) is 35.9 Å². The van der Waals surface area contributed by atoms with E-state index in [1.807, 2.05) is 48.6 Å². The minimum Gasteiger partial charge on any atom is -0.394 e. The van der Waals surface area contributed by atoms with Gasteiger partial charge in [-0.3, -0.25) is 0 Å². The third-order valence-electron chi connectivity index (χ3n) is 4.40. The molecule has 0 radical (unpaired) electrons. The number of thioether (sulfide) groups is 2. The van der Waals surface area contributed by atoms with Gasteiger partial charge < -0.3 is 14.9 Å². The molecular weight excluding hydrogens is 328 g/mol. The topological polar surface area (TPSA) is 49.7 Å². The normalized spacial score (nSPS) is 21.6. The van der Waals surface area contributed by atoms with Gasteiger partial charge in [-0.1, -0.05) is 44.2 Å². The summed E-state index contributed by atoms with van der Waals surface area (Å²) in [4.78, 5) is 0. The Balaban J connectivity index is 2.03. The van der Waals surface area contributed by atoms with Gasteiger partial charge in [-0.25, -0.2) is 0 Å². The molecule has 1 heterocycles. The van der Waals surface area contributed by atoms with E-state index in [0.29, 0.717) is 17.1 Å². The first-order valence-corrected chi connectivity index (χ1v) is 10.4. The van der Waals surface area contributed by atoms with E-state index < -0.39 is 6.10 Å². The third kappa shape index (κ3) is 5.68. The van der Waals surface area contributed by atoms with Gasteiger partial charge in [0.1, 0.15) is 0 Å². The van der Waals surface area contributed by atoms with Crippen molar-refractivity contribution in [2.75, 3.05) is 18.1 Å². The van der Waals surface area contributed by atoms with Crippen LogP contribution in [0.25, 0.3) is 0 Å². The lowest BCUT2D eigenvalue weighted by Gasteiger charge is -2.37. The van der Waals surface area contributed by atoms with Crippen LogP contribution in [-0.4, -0.2) is 45.1 Å². The molecular formula is C18H28O3S2. The summed E-state index contributed by atoms with van der Waals surface area (Å²) in [6.45, 7) is 4.52. The van der Waals surface area contributed by atoms with E-state index in [-0.39, 0.29) is 18.6 Å². The molecule has 2 rings (SSSR count). The molecule has 130 valence electrons. The van der Waals surface area contributed by atoms with Crippen molar-refractivity contribution in [3.8, 4) is 0 Å². The first kappa shape index (κ1) is 19.1. The summed E-state index contributed by atoms with van der Waals surface area (Å²) in [5.74, 6) is 2.63. The lowest BCUT2D eigenvalue weighted by molar-refractivity contribution is -0.0728. The highest BCUT2D eigenvalue weighted by molar-refractivity contribution is 8.17. The molecule has 4 unspecified atom stereocenters. The molecule has 2 N–H and O–H groups in total. The Labute approximate surface area is 148 Å². The van der Waals surface area contributed by atoms with Gasteiger partial charge in [0.2, 0.25) is 0 Å². The van der Waals surface area contributed by atoms with Crippen molar-refractivity contribution >= 4 is 23.5 Å². The maximum absolute atomic E-state index is 10.1. The zero-order chi connectivity index (χ0) is 16.7. The first-order valence-electron chi connectivity index (χ1n) is 8.31. The minimum atomic E-state index is -0.739. The van der Waals surface area contributed by atoms with Crippen LogP contribution in [0.15, 0.2) is 30.3 Å². The van der Waals surface area contributed by atoms with E-state index in [0.717, 1.165) is 5.56 Å². The van der Waals surface area contributed by atoms with E-state index in [9.17, 15) is 10.2 Å². The van der Waals surface area contributed by atoms with Crippen molar-refractivity contribution in [2.24, 2.45) is 11.8 Å². The summed E-state index contributed by atoms with van der Waals surface area (Å²) < 4.78 is 6.73. The van der Waals surface area contributed by atoms with Gasteiger partial charge in [0.25, 0.3) is 0 Å². The molecule has 0 saturated carbocycles. The second-order valence-electron chi connectivity index (χ2n) is 6.19. The number of aliphatic hydroxyl groups excluding tert-OH is 2. The number of ether oxygens (including phenoxy) is 1. The van der Waals surface area contributed by atoms with Crippen molar-refractivity contribution in [2.45, 2.75) is 43.7 Å². The molecule has 0 aliphatic carbocycles.